The van der Waals surface area contributed by atoms with Crippen LogP contribution in [0.15, 0.2) is 90.7 Å². The minimum atomic E-state index is -0.814. The summed E-state index contributed by atoms with van der Waals surface area (Å²) in [6.45, 7) is 8.82. The monoisotopic (exact) mass is 777 g/mol. The Labute approximate surface area is 292 Å². The molecule has 0 saturated carbocycles. The van der Waals surface area contributed by atoms with Gasteiger partial charge in [-0.1, -0.05) is 73.5 Å². The summed E-state index contributed by atoms with van der Waals surface area (Å²) in [5.74, 6) is 0.505. The predicted octanol–water partition coefficient (Wildman–Crippen LogP) is 7.04. The number of methoxy groups -OCH3 is 1. The van der Waals surface area contributed by atoms with Crippen molar-refractivity contribution >= 4 is 66.1 Å². The second-order valence-corrected chi connectivity index (χ2v) is 13.8. The number of allylic oxidation sites excluding steroid dienone is 1. The Morgan fingerprint density at radius 1 is 1.02 bits per heavy atom. The molecule has 5 aromatic rings. The molecule has 8 nitrogen and oxygen atoms in total. The Morgan fingerprint density at radius 3 is 2.47 bits per heavy atom. The Morgan fingerprint density at radius 2 is 1.77 bits per heavy atom. The van der Waals surface area contributed by atoms with E-state index in [9.17, 15) is 9.59 Å². The van der Waals surface area contributed by atoms with Gasteiger partial charge in [0.2, 0.25) is 0 Å². The van der Waals surface area contributed by atoms with Crippen LogP contribution in [-0.4, -0.2) is 35.4 Å². The lowest BCUT2D eigenvalue weighted by molar-refractivity contribution is -0.139. The van der Waals surface area contributed by atoms with Crippen LogP contribution in [0.25, 0.3) is 17.0 Å². The van der Waals surface area contributed by atoms with Gasteiger partial charge >= 0.3 is 5.97 Å². The summed E-state index contributed by atoms with van der Waals surface area (Å²) in [6, 6.07) is 19.3. The summed E-state index contributed by atoms with van der Waals surface area (Å²) in [5, 5.41) is 1.05. The highest BCUT2D eigenvalue weighted by Crippen LogP contribution is 2.41. The summed E-state index contributed by atoms with van der Waals surface area (Å²) >= 11 is 8.52. The van der Waals surface area contributed by atoms with Crippen LogP contribution in [0.5, 0.6) is 11.5 Å². The molecule has 2 aromatic heterocycles. The van der Waals surface area contributed by atoms with E-state index in [4.69, 9.17) is 19.2 Å². The number of halogens is 2. The van der Waals surface area contributed by atoms with Crippen molar-refractivity contribution in [3.63, 3.8) is 0 Å². The first-order valence-electron chi connectivity index (χ1n) is 15.2. The number of rotatable bonds is 9. The minimum absolute atomic E-state index is 0.185. The number of aromatic nitrogens is 2. The lowest BCUT2D eigenvalue weighted by Gasteiger charge is -2.26. The molecular weight excluding hydrogens is 746 g/mol. The first-order chi connectivity index (χ1) is 22.7. The molecule has 3 heterocycles. The number of thiazole rings is 1. The van der Waals surface area contributed by atoms with Gasteiger partial charge in [-0.05, 0) is 75.2 Å². The number of ether oxygens (including phenoxy) is 3. The molecule has 3 aromatic carbocycles. The Kier molecular flexibility index (Phi) is 9.59. The highest BCUT2D eigenvalue weighted by atomic mass is 79.9. The van der Waals surface area contributed by atoms with Gasteiger partial charge in [0.05, 0.1) is 42.2 Å². The lowest BCUT2D eigenvalue weighted by atomic mass is 9.95. The second kappa shape index (κ2) is 13.7. The number of carbonyl (C=O) groups excluding carboxylic acids is 1. The van der Waals surface area contributed by atoms with Crippen LogP contribution in [0.2, 0.25) is 0 Å². The fourth-order valence-corrected chi connectivity index (χ4v) is 7.85. The van der Waals surface area contributed by atoms with E-state index < -0.39 is 12.0 Å². The van der Waals surface area contributed by atoms with Crippen molar-refractivity contribution < 1.29 is 19.0 Å². The first-order valence-corrected chi connectivity index (χ1v) is 17.6. The van der Waals surface area contributed by atoms with E-state index in [-0.39, 0.29) is 12.2 Å². The molecule has 47 heavy (non-hydrogen) atoms. The summed E-state index contributed by atoms with van der Waals surface area (Å²) in [5.41, 5.74) is 5.43. The SMILES string of the molecule is CCOC(=O)C1=C(C)N=c2s/c(=C/c3c(C)n(Cc4ccc(Br)cc4)c4ccccc34)c(=O)n2[C@H]1c1cc(OC)c(OCC)cc1Br. The van der Waals surface area contributed by atoms with Crippen molar-refractivity contribution in [2.45, 2.75) is 40.3 Å². The predicted molar refractivity (Wildman–Crippen MR) is 192 cm³/mol. The van der Waals surface area contributed by atoms with E-state index in [1.807, 2.05) is 37.3 Å². The maximum Gasteiger partial charge on any atom is 0.338 e. The zero-order valence-corrected chi connectivity index (χ0v) is 30.6. The molecule has 0 aliphatic carbocycles. The minimum Gasteiger partial charge on any atom is -0.493 e. The van der Waals surface area contributed by atoms with Gasteiger partial charge in [0.25, 0.3) is 5.56 Å². The normalized spacial score (nSPS) is 14.7. The van der Waals surface area contributed by atoms with Crippen molar-refractivity contribution in [1.29, 1.82) is 0 Å². The first kappa shape index (κ1) is 33.0. The molecule has 6 rings (SSSR count). The van der Waals surface area contributed by atoms with Crippen LogP contribution in [-0.2, 0) is 16.1 Å². The fraction of sp³-hybridized carbons (Fsp3) is 0.250. The maximum atomic E-state index is 14.5. The molecule has 242 valence electrons. The van der Waals surface area contributed by atoms with E-state index >= 15 is 0 Å². The molecule has 1 atom stereocenters. The van der Waals surface area contributed by atoms with Gasteiger partial charge in [0.1, 0.15) is 0 Å². The molecule has 0 N–H and O–H groups in total. The van der Waals surface area contributed by atoms with Crippen LogP contribution >= 0.6 is 43.2 Å². The van der Waals surface area contributed by atoms with Gasteiger partial charge in [-0.25, -0.2) is 9.79 Å². The van der Waals surface area contributed by atoms with Crippen LogP contribution in [0, 0.1) is 6.92 Å². The number of esters is 1. The fourth-order valence-electron chi connectivity index (χ4n) is 6.02. The molecule has 1 aliphatic rings. The molecule has 11 heteroatoms. The molecule has 0 amide bonds. The van der Waals surface area contributed by atoms with E-state index in [0.29, 0.717) is 55.3 Å². The Balaban J connectivity index is 1.56. The van der Waals surface area contributed by atoms with Crippen molar-refractivity contribution in [2.24, 2.45) is 4.99 Å². The van der Waals surface area contributed by atoms with Crippen LogP contribution in [0.4, 0.5) is 0 Å². The molecule has 0 fully saturated rings. The van der Waals surface area contributed by atoms with E-state index in [1.54, 1.807) is 37.7 Å². The number of hydrogen-bond acceptors (Lipinski definition) is 7. The number of fused-ring (bicyclic) bond motifs is 2. The zero-order chi connectivity index (χ0) is 33.4. The summed E-state index contributed by atoms with van der Waals surface area (Å²) in [4.78, 5) is 33.2. The van der Waals surface area contributed by atoms with Gasteiger partial charge in [-0.15, -0.1) is 0 Å². The number of benzene rings is 3. The third kappa shape index (κ3) is 6.12. The molecule has 1 aliphatic heterocycles. The van der Waals surface area contributed by atoms with Crippen molar-refractivity contribution in [1.82, 2.24) is 9.13 Å². The van der Waals surface area contributed by atoms with Gasteiger partial charge in [0.15, 0.2) is 16.3 Å². The Hall–Kier alpha value is -3.93. The lowest BCUT2D eigenvalue weighted by Crippen LogP contribution is -2.40. The van der Waals surface area contributed by atoms with Gasteiger partial charge in [-0.3, -0.25) is 9.36 Å². The third-order valence-corrected chi connectivity index (χ3v) is 10.4. The van der Waals surface area contributed by atoms with Gasteiger partial charge < -0.3 is 18.8 Å². The van der Waals surface area contributed by atoms with Crippen LogP contribution in [0.1, 0.15) is 49.2 Å². The quantitative estimate of drug-likeness (QED) is 0.150. The highest BCUT2D eigenvalue weighted by molar-refractivity contribution is 9.10. The molecule has 0 bridgehead atoms. The van der Waals surface area contributed by atoms with E-state index in [0.717, 1.165) is 26.6 Å². The molecular formula is C36H33Br2N3O5S. The average molecular weight is 780 g/mol. The second-order valence-electron chi connectivity index (χ2n) is 11.0. The standard InChI is InChI=1S/C36H33Br2N3O5S/c1-6-45-30-18-27(38)26(16-29(30)44-5)33-32(35(43)46-7-2)20(3)39-36-41(33)34(42)31(47-36)17-25-21(4)40(28-11-9-8-10-24(25)28)19-22-12-14-23(37)15-13-22/h8-18,33H,6-7,19H2,1-5H3/b31-17+/t33-/m0/s1. The van der Waals surface area contributed by atoms with Gasteiger partial charge in [0, 0.05) is 37.7 Å². The molecule has 0 radical (unpaired) electrons. The maximum absolute atomic E-state index is 14.5. The number of para-hydroxylation sites is 1. The van der Waals surface area contributed by atoms with Gasteiger partial charge in [-0.2, -0.15) is 0 Å². The van der Waals surface area contributed by atoms with Crippen molar-refractivity contribution in [3.05, 3.63) is 123 Å². The highest BCUT2D eigenvalue weighted by Gasteiger charge is 2.35. The number of carbonyl (C=O) groups is 1. The van der Waals surface area contributed by atoms with Crippen LogP contribution < -0.4 is 24.4 Å². The number of nitrogens with zero attached hydrogens (tertiary/aromatic N) is 3. The van der Waals surface area contributed by atoms with Crippen molar-refractivity contribution in [3.8, 4) is 11.5 Å². The van der Waals surface area contributed by atoms with E-state index in [1.165, 1.54) is 16.9 Å². The summed E-state index contributed by atoms with van der Waals surface area (Å²) in [6.07, 6.45) is 1.95. The van der Waals surface area contributed by atoms with Crippen molar-refractivity contribution in [2.75, 3.05) is 20.3 Å². The third-order valence-electron chi connectivity index (χ3n) is 8.20. The van der Waals surface area contributed by atoms with E-state index in [2.05, 4.69) is 67.6 Å². The average Bonchev–Trinajstić information content (AvgIpc) is 3.50. The largest absolute Gasteiger partial charge is 0.493 e. The summed E-state index contributed by atoms with van der Waals surface area (Å²) in [7, 11) is 1.56. The topological polar surface area (TPSA) is 84.1 Å². The molecule has 0 unspecified atom stereocenters. The Bertz CT molecular complexity index is 2230. The molecule has 0 saturated heterocycles. The summed E-state index contributed by atoms with van der Waals surface area (Å²) < 4.78 is 23.0. The smallest absolute Gasteiger partial charge is 0.338 e. The molecule has 0 spiro atoms. The van der Waals surface area contributed by atoms with Crippen LogP contribution in [0.3, 0.4) is 0 Å². The number of hydrogen-bond donors (Lipinski definition) is 0. The zero-order valence-electron chi connectivity index (χ0n) is 26.6.